The van der Waals surface area contributed by atoms with Gasteiger partial charge in [-0.25, -0.2) is 4.98 Å². The number of aromatic nitrogens is 1. The van der Waals surface area contributed by atoms with Gasteiger partial charge in [0.15, 0.2) is 5.13 Å². The second-order valence-electron chi connectivity index (χ2n) is 5.68. The van der Waals surface area contributed by atoms with Crippen molar-refractivity contribution < 1.29 is 0 Å². The Kier molecular flexibility index (Phi) is 5.43. The Morgan fingerprint density at radius 1 is 0.957 bits per heavy atom. The van der Waals surface area contributed by atoms with Gasteiger partial charge in [0.1, 0.15) is 0 Å². The van der Waals surface area contributed by atoms with Gasteiger partial charge in [-0.2, -0.15) is 0 Å². The van der Waals surface area contributed by atoms with Gasteiger partial charge in [0.25, 0.3) is 0 Å². The van der Waals surface area contributed by atoms with Gasteiger partial charge in [0, 0.05) is 17.5 Å². The van der Waals surface area contributed by atoms with Gasteiger partial charge in [-0.1, -0.05) is 67.9 Å². The number of nitrogens with zero attached hydrogens (tertiary/aromatic N) is 1. The highest BCUT2D eigenvalue weighted by Gasteiger charge is 2.04. The molecule has 2 nitrogen and oxygen atoms in total. The minimum absolute atomic E-state index is 0.809. The molecule has 3 rings (SSSR count). The number of nitrogens with one attached hydrogen (secondary N) is 1. The number of rotatable bonds is 7. The highest BCUT2D eigenvalue weighted by Crippen LogP contribution is 2.25. The molecule has 0 radical (unpaired) electrons. The van der Waals surface area contributed by atoms with Crippen molar-refractivity contribution in [3.05, 3.63) is 71.1 Å². The summed E-state index contributed by atoms with van der Waals surface area (Å²) in [5.74, 6) is 0. The summed E-state index contributed by atoms with van der Waals surface area (Å²) in [5, 5.41) is 6.49. The minimum Gasteiger partial charge on any atom is -0.357 e. The molecule has 0 amide bonds. The molecule has 118 valence electrons. The van der Waals surface area contributed by atoms with Crippen molar-refractivity contribution in [2.75, 3.05) is 5.32 Å². The third-order valence-corrected chi connectivity index (χ3v) is 4.66. The fourth-order valence-electron chi connectivity index (χ4n) is 2.48. The van der Waals surface area contributed by atoms with E-state index < -0.39 is 0 Å². The maximum Gasteiger partial charge on any atom is 0.183 e. The van der Waals surface area contributed by atoms with Gasteiger partial charge in [-0.15, -0.1) is 11.3 Å². The normalized spacial score (nSPS) is 10.7. The van der Waals surface area contributed by atoms with E-state index in [1.54, 1.807) is 11.3 Å². The van der Waals surface area contributed by atoms with Crippen molar-refractivity contribution in [1.29, 1.82) is 0 Å². The molecule has 0 unspecified atom stereocenters. The maximum absolute atomic E-state index is 4.69. The van der Waals surface area contributed by atoms with Crippen LogP contribution in [0.4, 0.5) is 5.13 Å². The first-order valence-corrected chi connectivity index (χ1v) is 9.06. The highest BCUT2D eigenvalue weighted by molar-refractivity contribution is 7.14. The van der Waals surface area contributed by atoms with E-state index in [4.69, 9.17) is 4.98 Å². The first-order chi connectivity index (χ1) is 11.3. The van der Waals surface area contributed by atoms with Gasteiger partial charge in [-0.05, 0) is 24.0 Å². The van der Waals surface area contributed by atoms with E-state index in [-0.39, 0.29) is 0 Å². The molecule has 0 bridgehead atoms. The van der Waals surface area contributed by atoms with Crippen molar-refractivity contribution in [1.82, 2.24) is 4.98 Å². The van der Waals surface area contributed by atoms with Crippen LogP contribution in [0.15, 0.2) is 60.0 Å². The zero-order valence-corrected chi connectivity index (χ0v) is 14.3. The Balaban J connectivity index is 1.62. The summed E-state index contributed by atoms with van der Waals surface area (Å²) in [4.78, 5) is 4.69. The van der Waals surface area contributed by atoms with Crippen LogP contribution in [-0.2, 0) is 13.0 Å². The molecular formula is C20H22N2S. The predicted molar refractivity (Wildman–Crippen MR) is 99.9 cm³/mol. The molecule has 0 aliphatic rings. The standard InChI is InChI=1S/C20H22N2S/c1-2-3-7-16-10-12-18(13-11-16)19-15-23-20(22-19)21-14-17-8-5-4-6-9-17/h4-6,8-13,15H,2-3,7,14H2,1H3,(H,21,22). The van der Waals surface area contributed by atoms with Gasteiger partial charge < -0.3 is 5.32 Å². The quantitative estimate of drug-likeness (QED) is 0.597. The van der Waals surface area contributed by atoms with E-state index in [0.29, 0.717) is 0 Å². The van der Waals surface area contributed by atoms with Crippen LogP contribution < -0.4 is 5.32 Å². The monoisotopic (exact) mass is 322 g/mol. The fraction of sp³-hybridized carbons (Fsp3) is 0.250. The zero-order valence-electron chi connectivity index (χ0n) is 13.5. The number of thiazole rings is 1. The molecule has 23 heavy (non-hydrogen) atoms. The third-order valence-electron chi connectivity index (χ3n) is 3.86. The largest absolute Gasteiger partial charge is 0.357 e. The molecule has 0 fully saturated rings. The van der Waals surface area contributed by atoms with Crippen molar-refractivity contribution in [3.8, 4) is 11.3 Å². The molecule has 0 saturated heterocycles. The van der Waals surface area contributed by atoms with Crippen LogP contribution in [0.3, 0.4) is 0 Å². The molecule has 0 saturated carbocycles. The Bertz CT molecular complexity index is 717. The first kappa shape index (κ1) is 15.8. The lowest BCUT2D eigenvalue weighted by molar-refractivity contribution is 0.795. The zero-order chi connectivity index (χ0) is 15.9. The van der Waals surface area contributed by atoms with Gasteiger partial charge in [-0.3, -0.25) is 0 Å². The van der Waals surface area contributed by atoms with Crippen LogP contribution in [0.2, 0.25) is 0 Å². The molecule has 2 aromatic carbocycles. The van der Waals surface area contributed by atoms with Crippen LogP contribution in [0.25, 0.3) is 11.3 Å². The Hall–Kier alpha value is -2.13. The second kappa shape index (κ2) is 7.93. The fourth-order valence-corrected chi connectivity index (χ4v) is 3.20. The van der Waals surface area contributed by atoms with E-state index in [1.165, 1.54) is 29.5 Å². The Labute approximate surface area is 142 Å². The van der Waals surface area contributed by atoms with E-state index in [1.807, 2.05) is 6.07 Å². The van der Waals surface area contributed by atoms with Crippen molar-refractivity contribution in [2.24, 2.45) is 0 Å². The molecule has 0 aliphatic carbocycles. The molecule has 0 spiro atoms. The van der Waals surface area contributed by atoms with Crippen LogP contribution in [0.1, 0.15) is 30.9 Å². The van der Waals surface area contributed by atoms with E-state index in [0.717, 1.165) is 23.8 Å². The van der Waals surface area contributed by atoms with Crippen LogP contribution in [-0.4, -0.2) is 4.98 Å². The van der Waals surface area contributed by atoms with Crippen molar-refractivity contribution >= 4 is 16.5 Å². The van der Waals surface area contributed by atoms with Crippen molar-refractivity contribution in [3.63, 3.8) is 0 Å². The Morgan fingerprint density at radius 2 is 1.74 bits per heavy atom. The minimum atomic E-state index is 0.809. The van der Waals surface area contributed by atoms with E-state index in [2.05, 4.69) is 66.2 Å². The number of unbranched alkanes of at least 4 members (excludes halogenated alkanes) is 1. The molecule has 1 aromatic heterocycles. The molecule has 0 aliphatic heterocycles. The van der Waals surface area contributed by atoms with Gasteiger partial charge in [0.05, 0.1) is 5.69 Å². The average Bonchev–Trinajstić information content (AvgIpc) is 3.08. The molecule has 1 N–H and O–H groups in total. The average molecular weight is 322 g/mol. The van der Waals surface area contributed by atoms with Gasteiger partial charge in [0.2, 0.25) is 0 Å². The summed E-state index contributed by atoms with van der Waals surface area (Å²) in [6.45, 7) is 3.04. The second-order valence-corrected chi connectivity index (χ2v) is 6.54. The molecule has 1 heterocycles. The number of aryl methyl sites for hydroxylation is 1. The smallest absolute Gasteiger partial charge is 0.183 e. The summed E-state index contributed by atoms with van der Waals surface area (Å²) in [7, 11) is 0. The van der Waals surface area contributed by atoms with E-state index in [9.17, 15) is 0 Å². The maximum atomic E-state index is 4.69. The Morgan fingerprint density at radius 3 is 2.48 bits per heavy atom. The first-order valence-electron chi connectivity index (χ1n) is 8.18. The van der Waals surface area contributed by atoms with Gasteiger partial charge >= 0.3 is 0 Å². The summed E-state index contributed by atoms with van der Waals surface area (Å²) < 4.78 is 0. The summed E-state index contributed by atoms with van der Waals surface area (Å²) in [6.07, 6.45) is 3.66. The highest BCUT2D eigenvalue weighted by atomic mass is 32.1. The van der Waals surface area contributed by atoms with Crippen LogP contribution in [0.5, 0.6) is 0 Å². The summed E-state index contributed by atoms with van der Waals surface area (Å²) in [5.41, 5.74) is 4.92. The van der Waals surface area contributed by atoms with Crippen molar-refractivity contribution in [2.45, 2.75) is 32.7 Å². The third kappa shape index (κ3) is 4.42. The topological polar surface area (TPSA) is 24.9 Å². The lowest BCUT2D eigenvalue weighted by Crippen LogP contribution is -1.98. The SMILES string of the molecule is CCCCc1ccc(-c2csc(NCc3ccccc3)n2)cc1. The molecule has 3 aromatic rings. The lowest BCUT2D eigenvalue weighted by Gasteiger charge is -2.03. The summed E-state index contributed by atoms with van der Waals surface area (Å²) in [6, 6.07) is 19.2. The van der Waals surface area contributed by atoms with Crippen LogP contribution in [0, 0.1) is 0 Å². The molecule has 0 atom stereocenters. The number of hydrogen-bond acceptors (Lipinski definition) is 3. The van der Waals surface area contributed by atoms with Crippen LogP contribution >= 0.6 is 11.3 Å². The lowest BCUT2D eigenvalue weighted by atomic mass is 10.1. The molecule has 3 heteroatoms. The van der Waals surface area contributed by atoms with E-state index >= 15 is 0 Å². The molecular weight excluding hydrogens is 300 g/mol. The number of benzene rings is 2. The number of hydrogen-bond donors (Lipinski definition) is 1. The summed E-state index contributed by atoms with van der Waals surface area (Å²) >= 11 is 1.66. The number of anilines is 1. The predicted octanol–water partition coefficient (Wildman–Crippen LogP) is 5.76.